The van der Waals surface area contributed by atoms with Gasteiger partial charge in [-0.2, -0.15) is 0 Å². The van der Waals surface area contributed by atoms with Crippen molar-refractivity contribution in [3.8, 4) is 0 Å². The number of Topliss-reactive ketones (excluding diaryl/α,β-unsaturated/α-hetero) is 1. The van der Waals surface area contributed by atoms with Gasteiger partial charge in [-0.3, -0.25) is 14.8 Å². The van der Waals surface area contributed by atoms with E-state index in [1.807, 2.05) is 24.3 Å². The quantitative estimate of drug-likeness (QED) is 0.671. The Bertz CT molecular complexity index is 690. The molecule has 0 spiro atoms. The van der Waals surface area contributed by atoms with E-state index in [4.69, 9.17) is 0 Å². The third-order valence-electron chi connectivity index (χ3n) is 3.35. The van der Waals surface area contributed by atoms with Gasteiger partial charge in [0.15, 0.2) is 5.78 Å². The standard InChI is InChI=1S/C14H8N2O/c17-14-10-7-15-5-4-8(10)6-12-13(14)9-2-1-3-11(9)16-12/h1-5,7H,6H2. The lowest BCUT2D eigenvalue weighted by atomic mass is 9.87. The monoisotopic (exact) mass is 220 g/mol. The fourth-order valence-electron chi connectivity index (χ4n) is 2.55. The third-order valence-corrected chi connectivity index (χ3v) is 3.35. The Kier molecular flexibility index (Phi) is 1.50. The number of allylic oxidation sites excluding steroid dienone is 6. The molecule has 80 valence electrons. The van der Waals surface area contributed by atoms with Crippen LogP contribution in [0.3, 0.4) is 0 Å². The van der Waals surface area contributed by atoms with E-state index in [1.165, 1.54) is 0 Å². The fraction of sp³-hybridized carbons (Fsp3) is 0.0714. The zero-order valence-electron chi connectivity index (χ0n) is 8.97. The molecule has 0 aromatic carbocycles. The molecule has 3 heteroatoms. The largest absolute Gasteiger partial charge is 0.288 e. The molecule has 0 bridgehead atoms. The van der Waals surface area contributed by atoms with Gasteiger partial charge >= 0.3 is 0 Å². The Morgan fingerprint density at radius 3 is 3.18 bits per heavy atom. The Hall–Kier alpha value is -2.29. The molecule has 1 aliphatic heterocycles. The highest BCUT2D eigenvalue weighted by molar-refractivity contribution is 6.27. The van der Waals surface area contributed by atoms with Gasteiger partial charge in [0.2, 0.25) is 0 Å². The maximum Gasteiger partial charge on any atom is 0.197 e. The van der Waals surface area contributed by atoms with E-state index in [1.54, 1.807) is 12.4 Å². The summed E-state index contributed by atoms with van der Waals surface area (Å²) in [7, 11) is 0. The molecule has 3 aliphatic rings. The van der Waals surface area contributed by atoms with Gasteiger partial charge in [0.1, 0.15) is 0 Å². The number of carbonyl (C=O) groups is 1. The first kappa shape index (κ1) is 8.82. The smallest absolute Gasteiger partial charge is 0.197 e. The number of hydrogen-bond acceptors (Lipinski definition) is 3. The second-order valence-corrected chi connectivity index (χ2v) is 4.30. The van der Waals surface area contributed by atoms with Gasteiger partial charge in [-0.1, -0.05) is 12.2 Å². The van der Waals surface area contributed by atoms with Crippen LogP contribution in [0.4, 0.5) is 0 Å². The molecular weight excluding hydrogens is 212 g/mol. The maximum absolute atomic E-state index is 12.4. The minimum atomic E-state index is 0.0584. The second kappa shape index (κ2) is 2.88. The van der Waals surface area contributed by atoms with Crippen LogP contribution in [0, 0.1) is 0 Å². The molecule has 2 aliphatic carbocycles. The van der Waals surface area contributed by atoms with Gasteiger partial charge in [0.05, 0.1) is 17.0 Å². The molecule has 4 rings (SSSR count). The molecule has 0 saturated carbocycles. The van der Waals surface area contributed by atoms with Crippen LogP contribution in [-0.4, -0.2) is 16.5 Å². The predicted molar refractivity (Wildman–Crippen MR) is 64.0 cm³/mol. The Morgan fingerprint density at radius 2 is 2.24 bits per heavy atom. The molecule has 0 saturated heterocycles. The summed E-state index contributed by atoms with van der Waals surface area (Å²) in [5.41, 5.74) is 5.31. The third kappa shape index (κ3) is 1.03. The van der Waals surface area contributed by atoms with Crippen LogP contribution in [-0.2, 0) is 6.42 Å². The highest BCUT2D eigenvalue weighted by atomic mass is 16.1. The number of fused-ring (bicyclic) bond motifs is 3. The number of hydrogen-bond donors (Lipinski definition) is 0. The van der Waals surface area contributed by atoms with E-state index in [-0.39, 0.29) is 5.78 Å². The number of ketones is 1. The number of aromatic nitrogens is 1. The van der Waals surface area contributed by atoms with Crippen molar-refractivity contribution in [2.24, 2.45) is 4.99 Å². The van der Waals surface area contributed by atoms with Crippen molar-refractivity contribution in [2.75, 3.05) is 0 Å². The van der Waals surface area contributed by atoms with Gasteiger partial charge in [0.25, 0.3) is 0 Å². The zero-order valence-corrected chi connectivity index (χ0v) is 8.97. The maximum atomic E-state index is 12.4. The minimum absolute atomic E-state index is 0.0584. The lowest BCUT2D eigenvalue weighted by Gasteiger charge is -2.15. The molecule has 0 atom stereocenters. The molecular formula is C14H8N2O. The summed E-state index contributed by atoms with van der Waals surface area (Å²) in [6.45, 7) is 0. The summed E-state index contributed by atoms with van der Waals surface area (Å²) >= 11 is 0. The van der Waals surface area contributed by atoms with Gasteiger partial charge in [-0.15, -0.1) is 0 Å². The van der Waals surface area contributed by atoms with Crippen molar-refractivity contribution in [1.82, 2.24) is 4.98 Å². The molecule has 17 heavy (non-hydrogen) atoms. The molecule has 2 heterocycles. The normalized spacial score (nSPS) is 19.9. The average Bonchev–Trinajstić information content (AvgIpc) is 2.89. The first-order chi connectivity index (χ1) is 8.34. The summed E-state index contributed by atoms with van der Waals surface area (Å²) in [5.74, 6) is 0.0584. The van der Waals surface area contributed by atoms with Gasteiger partial charge in [-0.05, 0) is 17.7 Å². The molecule has 0 fully saturated rings. The Labute approximate surface area is 97.9 Å². The van der Waals surface area contributed by atoms with Crippen molar-refractivity contribution in [2.45, 2.75) is 6.42 Å². The molecule has 3 nitrogen and oxygen atoms in total. The molecule has 1 aromatic heterocycles. The summed E-state index contributed by atoms with van der Waals surface area (Å²) in [6, 6.07) is 1.90. The van der Waals surface area contributed by atoms with Crippen molar-refractivity contribution in [3.63, 3.8) is 0 Å². The van der Waals surface area contributed by atoms with E-state index < -0.39 is 0 Å². The molecule has 0 radical (unpaired) electrons. The van der Waals surface area contributed by atoms with Crippen molar-refractivity contribution in [3.05, 3.63) is 64.7 Å². The second-order valence-electron chi connectivity index (χ2n) is 4.30. The highest BCUT2D eigenvalue weighted by Crippen LogP contribution is 2.37. The first-order valence-electron chi connectivity index (χ1n) is 5.53. The van der Waals surface area contributed by atoms with Crippen LogP contribution in [0.2, 0.25) is 0 Å². The molecule has 1 aromatic rings. The van der Waals surface area contributed by atoms with Crippen LogP contribution in [0.15, 0.2) is 58.5 Å². The Morgan fingerprint density at radius 1 is 1.29 bits per heavy atom. The predicted octanol–water partition coefficient (Wildman–Crippen LogP) is 2.03. The van der Waals surface area contributed by atoms with Crippen molar-refractivity contribution >= 4 is 11.5 Å². The van der Waals surface area contributed by atoms with Crippen LogP contribution in [0.1, 0.15) is 15.9 Å². The number of rotatable bonds is 0. The summed E-state index contributed by atoms with van der Waals surface area (Å²) in [4.78, 5) is 21.0. The number of carbonyl (C=O) groups excluding carboxylic acids is 1. The lowest BCUT2D eigenvalue weighted by molar-refractivity contribution is 0.103. The van der Waals surface area contributed by atoms with Crippen molar-refractivity contribution in [1.29, 1.82) is 0 Å². The summed E-state index contributed by atoms with van der Waals surface area (Å²) < 4.78 is 0. The van der Waals surface area contributed by atoms with Gasteiger partial charge in [-0.25, -0.2) is 0 Å². The van der Waals surface area contributed by atoms with Crippen LogP contribution < -0.4 is 0 Å². The SMILES string of the molecule is O=C1C2=C(Cc3ccncc31)N=C1C=CC=C12. The van der Waals surface area contributed by atoms with E-state index in [9.17, 15) is 4.79 Å². The van der Waals surface area contributed by atoms with E-state index >= 15 is 0 Å². The van der Waals surface area contributed by atoms with Gasteiger partial charge in [0, 0.05) is 30.0 Å². The zero-order chi connectivity index (χ0) is 11.4. The number of aliphatic imine (C=N–C) groups is 1. The molecule has 0 unspecified atom stereocenters. The van der Waals surface area contributed by atoms with Crippen LogP contribution in [0.5, 0.6) is 0 Å². The molecule has 0 N–H and O–H groups in total. The summed E-state index contributed by atoms with van der Waals surface area (Å²) in [5, 5.41) is 0. The van der Waals surface area contributed by atoms with Crippen molar-refractivity contribution < 1.29 is 4.79 Å². The lowest BCUT2D eigenvalue weighted by Crippen LogP contribution is -2.15. The fourth-order valence-corrected chi connectivity index (χ4v) is 2.55. The summed E-state index contributed by atoms with van der Waals surface area (Å²) in [6.07, 6.45) is 9.95. The van der Waals surface area contributed by atoms with Crippen LogP contribution >= 0.6 is 0 Å². The average molecular weight is 220 g/mol. The Balaban J connectivity index is 1.93. The molecule has 0 amide bonds. The topological polar surface area (TPSA) is 42.3 Å². The minimum Gasteiger partial charge on any atom is -0.288 e. The van der Waals surface area contributed by atoms with Gasteiger partial charge < -0.3 is 0 Å². The highest BCUT2D eigenvalue weighted by Gasteiger charge is 2.34. The van der Waals surface area contributed by atoms with Crippen LogP contribution in [0.25, 0.3) is 0 Å². The number of nitrogens with zero attached hydrogens (tertiary/aromatic N) is 2. The van der Waals surface area contributed by atoms with E-state index in [0.29, 0.717) is 0 Å². The number of pyridine rings is 1. The first-order valence-corrected chi connectivity index (χ1v) is 5.53. The van der Waals surface area contributed by atoms with E-state index in [2.05, 4.69) is 9.98 Å². The van der Waals surface area contributed by atoms with E-state index in [0.717, 1.165) is 40.1 Å².